The van der Waals surface area contributed by atoms with E-state index in [9.17, 15) is 12.8 Å². The van der Waals surface area contributed by atoms with Gasteiger partial charge >= 0.3 is 0 Å². The van der Waals surface area contributed by atoms with Crippen LogP contribution in [0.4, 0.5) is 4.39 Å². The fraction of sp³-hybridized carbons (Fsp3) is 0.263. The molecular formula is C19H21FN4O2S. The van der Waals surface area contributed by atoms with Gasteiger partial charge in [0.05, 0.1) is 4.90 Å². The smallest absolute Gasteiger partial charge is 0.240 e. The van der Waals surface area contributed by atoms with Crippen molar-refractivity contribution in [3.8, 4) is 0 Å². The summed E-state index contributed by atoms with van der Waals surface area (Å²) in [7, 11) is -3.57. The second kappa shape index (κ2) is 7.98. The lowest BCUT2D eigenvalue weighted by Gasteiger charge is -2.07. The number of hydrogen-bond acceptors (Lipinski definition) is 4. The van der Waals surface area contributed by atoms with Crippen LogP contribution in [0.5, 0.6) is 0 Å². The average molecular weight is 388 g/mol. The van der Waals surface area contributed by atoms with Gasteiger partial charge in [-0.25, -0.2) is 22.5 Å². The molecule has 0 radical (unpaired) electrons. The average Bonchev–Trinajstić information content (AvgIpc) is 3.06. The first kappa shape index (κ1) is 19.2. The monoisotopic (exact) mass is 388 g/mol. The van der Waals surface area contributed by atoms with E-state index in [1.165, 1.54) is 12.1 Å². The van der Waals surface area contributed by atoms with Crippen molar-refractivity contribution < 1.29 is 12.8 Å². The van der Waals surface area contributed by atoms with E-state index in [2.05, 4.69) is 19.9 Å². The molecule has 0 bridgehead atoms. The highest BCUT2D eigenvalue weighted by Gasteiger charge is 2.14. The van der Waals surface area contributed by atoms with Gasteiger partial charge in [-0.15, -0.1) is 0 Å². The summed E-state index contributed by atoms with van der Waals surface area (Å²) in [6, 6.07) is 11.2. The number of H-pyrrole nitrogens is 1. The number of nitrogens with one attached hydrogen (secondary N) is 2. The number of aromatic amines is 1. The van der Waals surface area contributed by atoms with Crippen LogP contribution < -0.4 is 4.72 Å². The molecule has 2 N–H and O–H groups in total. The van der Waals surface area contributed by atoms with Gasteiger partial charge in [-0.1, -0.05) is 18.2 Å². The number of hydrogen-bond donors (Lipinski definition) is 2. The molecule has 1 aromatic heterocycles. The van der Waals surface area contributed by atoms with Gasteiger partial charge in [0.1, 0.15) is 11.6 Å². The summed E-state index contributed by atoms with van der Waals surface area (Å²) in [5, 5.41) is 6.93. The van der Waals surface area contributed by atoms with Gasteiger partial charge in [-0.05, 0) is 54.8 Å². The molecule has 0 saturated heterocycles. The highest BCUT2D eigenvalue weighted by molar-refractivity contribution is 7.89. The molecule has 0 fully saturated rings. The second-order valence-electron chi connectivity index (χ2n) is 6.40. The molecule has 0 aliphatic heterocycles. The Bertz CT molecular complexity index is 1030. The predicted octanol–water partition coefficient (Wildman–Crippen LogP) is 2.67. The number of aryl methyl sites for hydroxylation is 2. The van der Waals surface area contributed by atoms with Crippen molar-refractivity contribution in [2.24, 2.45) is 0 Å². The Hall–Kier alpha value is -2.58. The van der Waals surface area contributed by atoms with E-state index < -0.39 is 10.0 Å². The Morgan fingerprint density at radius 3 is 2.52 bits per heavy atom. The summed E-state index contributed by atoms with van der Waals surface area (Å²) in [6.45, 7) is 4.01. The minimum absolute atomic E-state index is 0.198. The normalized spacial score (nSPS) is 11.7. The van der Waals surface area contributed by atoms with E-state index >= 15 is 0 Å². The third-order valence-electron chi connectivity index (χ3n) is 4.29. The number of benzene rings is 2. The van der Waals surface area contributed by atoms with Crippen molar-refractivity contribution in [2.45, 2.75) is 31.6 Å². The first-order valence-electron chi connectivity index (χ1n) is 8.55. The van der Waals surface area contributed by atoms with Crippen LogP contribution in [-0.2, 0) is 22.9 Å². The van der Waals surface area contributed by atoms with Crippen LogP contribution in [0.2, 0.25) is 0 Å². The minimum Gasteiger partial charge on any atom is -0.263 e. The van der Waals surface area contributed by atoms with Gasteiger partial charge in [-0.3, -0.25) is 5.10 Å². The van der Waals surface area contributed by atoms with Crippen molar-refractivity contribution in [3.05, 3.63) is 76.6 Å². The second-order valence-corrected chi connectivity index (χ2v) is 8.16. The van der Waals surface area contributed by atoms with Crippen LogP contribution in [-0.4, -0.2) is 30.1 Å². The molecule has 1 heterocycles. The first-order chi connectivity index (χ1) is 12.8. The Morgan fingerprint density at radius 2 is 1.81 bits per heavy atom. The number of halogens is 1. The summed E-state index contributed by atoms with van der Waals surface area (Å²) >= 11 is 0. The predicted molar refractivity (Wildman–Crippen MR) is 100 cm³/mol. The molecule has 0 saturated carbocycles. The first-order valence-corrected chi connectivity index (χ1v) is 10.0. The lowest BCUT2D eigenvalue weighted by atomic mass is 10.1. The lowest BCUT2D eigenvalue weighted by Crippen LogP contribution is -2.26. The molecule has 6 nitrogen and oxygen atoms in total. The zero-order valence-electron chi connectivity index (χ0n) is 15.2. The Kier molecular flexibility index (Phi) is 5.67. The molecule has 3 rings (SSSR count). The van der Waals surface area contributed by atoms with Crippen molar-refractivity contribution >= 4 is 10.0 Å². The van der Waals surface area contributed by atoms with Crippen molar-refractivity contribution in [3.63, 3.8) is 0 Å². The highest BCUT2D eigenvalue weighted by Crippen LogP contribution is 2.14. The highest BCUT2D eigenvalue weighted by atomic mass is 32.2. The zero-order chi connectivity index (χ0) is 19.4. The van der Waals surface area contributed by atoms with Crippen LogP contribution in [0.15, 0.2) is 47.4 Å². The van der Waals surface area contributed by atoms with E-state index in [1.807, 2.05) is 13.8 Å². The van der Waals surface area contributed by atoms with Gasteiger partial charge in [0.15, 0.2) is 5.82 Å². The lowest BCUT2D eigenvalue weighted by molar-refractivity contribution is 0.580. The van der Waals surface area contributed by atoms with Crippen LogP contribution in [0.1, 0.15) is 28.3 Å². The maximum Gasteiger partial charge on any atom is 0.240 e. The third-order valence-corrected chi connectivity index (χ3v) is 5.75. The molecule has 27 heavy (non-hydrogen) atoms. The number of rotatable bonds is 7. The summed E-state index contributed by atoms with van der Waals surface area (Å²) in [5.41, 5.74) is 2.88. The molecule has 0 aliphatic rings. The quantitative estimate of drug-likeness (QED) is 0.651. The summed E-state index contributed by atoms with van der Waals surface area (Å²) < 4.78 is 40.2. The number of aromatic nitrogens is 3. The summed E-state index contributed by atoms with van der Waals surface area (Å²) in [5.74, 6) is 0.886. The molecule has 0 aliphatic carbocycles. The molecular weight excluding hydrogens is 367 g/mol. The van der Waals surface area contributed by atoms with Gasteiger partial charge in [0.2, 0.25) is 10.0 Å². The van der Waals surface area contributed by atoms with Crippen LogP contribution in [0, 0.1) is 19.7 Å². The van der Waals surface area contributed by atoms with Crippen LogP contribution >= 0.6 is 0 Å². The largest absolute Gasteiger partial charge is 0.263 e. The van der Waals surface area contributed by atoms with E-state index in [0.717, 1.165) is 16.7 Å². The van der Waals surface area contributed by atoms with E-state index in [-0.39, 0.29) is 17.3 Å². The van der Waals surface area contributed by atoms with E-state index in [4.69, 9.17) is 0 Å². The molecule has 0 unspecified atom stereocenters. The summed E-state index contributed by atoms with van der Waals surface area (Å²) in [6.07, 6.45) is 0.867. The van der Waals surface area contributed by atoms with Crippen molar-refractivity contribution in [1.82, 2.24) is 19.9 Å². The van der Waals surface area contributed by atoms with Crippen LogP contribution in [0.25, 0.3) is 0 Å². The van der Waals surface area contributed by atoms with Gasteiger partial charge in [0.25, 0.3) is 0 Å². The van der Waals surface area contributed by atoms with E-state index in [0.29, 0.717) is 24.5 Å². The zero-order valence-corrected chi connectivity index (χ0v) is 16.0. The standard InChI is InChI=1S/C19H21FN4O2S/c1-13-3-8-17(11-14(13)2)27(25,26)21-10-9-18-22-19(24-23-18)12-15-4-6-16(20)7-5-15/h3-8,11,21H,9-10,12H2,1-2H3,(H,22,23,24). The Balaban J connectivity index is 1.56. The molecule has 8 heteroatoms. The molecule has 0 spiro atoms. The maximum atomic E-state index is 12.9. The molecule has 2 aromatic carbocycles. The maximum absolute atomic E-state index is 12.9. The van der Waals surface area contributed by atoms with Gasteiger partial charge in [-0.2, -0.15) is 5.10 Å². The third kappa shape index (κ3) is 4.99. The molecule has 0 amide bonds. The van der Waals surface area contributed by atoms with Gasteiger partial charge < -0.3 is 0 Å². The number of nitrogens with zero attached hydrogens (tertiary/aromatic N) is 2. The molecule has 0 atom stereocenters. The minimum atomic E-state index is -3.57. The Labute approximate surface area is 157 Å². The summed E-state index contributed by atoms with van der Waals surface area (Å²) in [4.78, 5) is 4.60. The van der Waals surface area contributed by atoms with Crippen molar-refractivity contribution in [1.29, 1.82) is 0 Å². The number of sulfonamides is 1. The van der Waals surface area contributed by atoms with Gasteiger partial charge in [0, 0.05) is 19.4 Å². The van der Waals surface area contributed by atoms with Crippen molar-refractivity contribution in [2.75, 3.05) is 6.54 Å². The van der Waals surface area contributed by atoms with Crippen LogP contribution in [0.3, 0.4) is 0 Å². The Morgan fingerprint density at radius 1 is 1.07 bits per heavy atom. The topological polar surface area (TPSA) is 87.7 Å². The van der Waals surface area contributed by atoms with E-state index in [1.54, 1.807) is 30.3 Å². The molecule has 3 aromatic rings. The fourth-order valence-electron chi connectivity index (χ4n) is 2.58. The SMILES string of the molecule is Cc1ccc(S(=O)(=O)NCCc2n[nH]c(Cc3ccc(F)cc3)n2)cc1C. The molecule has 142 valence electrons. The fourth-order valence-corrected chi connectivity index (χ4v) is 3.70.